The van der Waals surface area contributed by atoms with Gasteiger partial charge in [-0.1, -0.05) is 25.7 Å². The molecule has 2 unspecified atom stereocenters. The first-order valence-corrected chi connectivity index (χ1v) is 8.92. The van der Waals surface area contributed by atoms with Gasteiger partial charge in [-0.3, -0.25) is 9.69 Å². The second-order valence-electron chi connectivity index (χ2n) is 7.44. The molecule has 1 saturated heterocycles. The Morgan fingerprint density at radius 3 is 2.33 bits per heavy atom. The van der Waals surface area contributed by atoms with Gasteiger partial charge in [-0.05, 0) is 38.0 Å². The van der Waals surface area contributed by atoms with Gasteiger partial charge in [0.1, 0.15) is 0 Å². The smallest absolute Gasteiger partial charge is 0.303 e. The average molecular weight is 294 g/mol. The van der Waals surface area contributed by atoms with E-state index >= 15 is 0 Å². The summed E-state index contributed by atoms with van der Waals surface area (Å²) in [5.74, 6) is -0.302. The largest absolute Gasteiger partial charge is 0.481 e. The fraction of sp³-hybridized carbons (Fsp3) is 0.941. The van der Waals surface area contributed by atoms with Crippen molar-refractivity contribution in [3.05, 3.63) is 0 Å². The first kappa shape index (κ1) is 15.3. The maximum atomic E-state index is 11.1. The predicted molar refractivity (Wildman–Crippen MR) is 83.4 cm³/mol. The second-order valence-corrected chi connectivity index (χ2v) is 7.44. The van der Waals surface area contributed by atoms with Gasteiger partial charge in [0.15, 0.2) is 0 Å². The Labute approximate surface area is 128 Å². The molecular formula is C17H30N2O2. The number of hydrogen-bond acceptors (Lipinski definition) is 3. The zero-order valence-corrected chi connectivity index (χ0v) is 13.1. The van der Waals surface area contributed by atoms with Crippen molar-refractivity contribution >= 4 is 5.97 Å². The minimum atomic E-state index is -0.632. The summed E-state index contributed by atoms with van der Waals surface area (Å²) in [6.45, 7) is 2.14. The topological polar surface area (TPSA) is 52.6 Å². The van der Waals surface area contributed by atoms with Gasteiger partial charge in [0, 0.05) is 37.6 Å². The SMILES string of the molecule is O=C(O)CC1CC(NC2CCCC2)CN(C2CCCC2)C1. The number of nitrogens with zero attached hydrogens (tertiary/aromatic N) is 1. The number of aliphatic carboxylic acids is 1. The van der Waals surface area contributed by atoms with E-state index < -0.39 is 5.97 Å². The maximum absolute atomic E-state index is 11.1. The summed E-state index contributed by atoms with van der Waals surface area (Å²) in [5.41, 5.74) is 0. The molecular weight excluding hydrogens is 264 g/mol. The first-order valence-electron chi connectivity index (χ1n) is 8.92. The van der Waals surface area contributed by atoms with Gasteiger partial charge in [0.05, 0.1) is 0 Å². The highest BCUT2D eigenvalue weighted by molar-refractivity contribution is 5.67. The molecule has 1 aliphatic heterocycles. The maximum Gasteiger partial charge on any atom is 0.303 e. The molecule has 2 saturated carbocycles. The van der Waals surface area contributed by atoms with Gasteiger partial charge < -0.3 is 10.4 Å². The molecule has 21 heavy (non-hydrogen) atoms. The van der Waals surface area contributed by atoms with Crippen LogP contribution in [0.25, 0.3) is 0 Å². The summed E-state index contributed by atoms with van der Waals surface area (Å²) in [6.07, 6.45) is 12.1. The summed E-state index contributed by atoms with van der Waals surface area (Å²) in [4.78, 5) is 13.7. The summed E-state index contributed by atoms with van der Waals surface area (Å²) >= 11 is 0. The monoisotopic (exact) mass is 294 g/mol. The summed E-state index contributed by atoms with van der Waals surface area (Å²) < 4.78 is 0. The van der Waals surface area contributed by atoms with E-state index in [1.165, 1.54) is 51.4 Å². The molecule has 2 aliphatic carbocycles. The number of rotatable bonds is 5. The van der Waals surface area contributed by atoms with Crippen LogP contribution in [-0.2, 0) is 4.79 Å². The van der Waals surface area contributed by atoms with Crippen LogP contribution < -0.4 is 5.32 Å². The number of hydrogen-bond donors (Lipinski definition) is 2. The molecule has 0 aromatic carbocycles. The van der Waals surface area contributed by atoms with Gasteiger partial charge in [-0.2, -0.15) is 0 Å². The van der Waals surface area contributed by atoms with E-state index in [-0.39, 0.29) is 0 Å². The van der Waals surface area contributed by atoms with E-state index in [9.17, 15) is 4.79 Å². The van der Waals surface area contributed by atoms with Crippen molar-refractivity contribution in [1.82, 2.24) is 10.2 Å². The van der Waals surface area contributed by atoms with E-state index in [1.807, 2.05) is 0 Å². The van der Waals surface area contributed by atoms with Crippen LogP contribution >= 0.6 is 0 Å². The molecule has 0 amide bonds. The molecule has 2 atom stereocenters. The fourth-order valence-electron chi connectivity index (χ4n) is 4.75. The molecule has 4 nitrogen and oxygen atoms in total. The normalized spacial score (nSPS) is 32.8. The lowest BCUT2D eigenvalue weighted by atomic mass is 9.89. The lowest BCUT2D eigenvalue weighted by molar-refractivity contribution is -0.138. The average Bonchev–Trinajstić information content (AvgIpc) is 3.10. The molecule has 0 spiro atoms. The zero-order chi connectivity index (χ0) is 14.7. The van der Waals surface area contributed by atoms with Gasteiger partial charge in [0.2, 0.25) is 0 Å². The van der Waals surface area contributed by atoms with Crippen LogP contribution in [0.15, 0.2) is 0 Å². The Morgan fingerprint density at radius 1 is 1.00 bits per heavy atom. The highest BCUT2D eigenvalue weighted by atomic mass is 16.4. The third kappa shape index (κ3) is 4.19. The van der Waals surface area contributed by atoms with Crippen molar-refractivity contribution in [2.75, 3.05) is 13.1 Å². The first-order chi connectivity index (χ1) is 10.2. The van der Waals surface area contributed by atoms with Gasteiger partial charge in [-0.25, -0.2) is 0 Å². The Hall–Kier alpha value is -0.610. The molecule has 2 N–H and O–H groups in total. The number of nitrogens with one attached hydrogen (secondary N) is 1. The van der Waals surface area contributed by atoms with Crippen molar-refractivity contribution in [1.29, 1.82) is 0 Å². The summed E-state index contributed by atoms with van der Waals surface area (Å²) in [6, 6.07) is 1.91. The number of likely N-dealkylation sites (tertiary alicyclic amines) is 1. The molecule has 0 aromatic rings. The third-order valence-electron chi connectivity index (χ3n) is 5.70. The fourth-order valence-corrected chi connectivity index (χ4v) is 4.75. The summed E-state index contributed by atoms with van der Waals surface area (Å²) in [5, 5.41) is 13.0. The van der Waals surface area contributed by atoms with Crippen LogP contribution in [0.3, 0.4) is 0 Å². The minimum absolute atomic E-state index is 0.329. The molecule has 3 aliphatic rings. The van der Waals surface area contributed by atoms with Crippen LogP contribution in [0, 0.1) is 5.92 Å². The molecule has 0 bridgehead atoms. The quantitative estimate of drug-likeness (QED) is 0.818. The highest BCUT2D eigenvalue weighted by Crippen LogP contribution is 2.30. The molecule has 4 heteroatoms. The number of carboxylic acids is 1. The summed E-state index contributed by atoms with van der Waals surface area (Å²) in [7, 11) is 0. The van der Waals surface area contributed by atoms with E-state index in [0.29, 0.717) is 24.4 Å². The molecule has 0 radical (unpaired) electrons. The Morgan fingerprint density at radius 2 is 1.67 bits per heavy atom. The Kier molecular flexibility index (Phi) is 5.17. The van der Waals surface area contributed by atoms with Crippen molar-refractivity contribution in [3.8, 4) is 0 Å². The number of carboxylic acid groups (broad SMARTS) is 1. The van der Waals surface area contributed by atoms with E-state index in [1.54, 1.807) is 0 Å². The standard InChI is InChI=1S/C17H30N2O2/c20-17(21)10-13-9-15(18-14-5-1-2-6-14)12-19(11-13)16-7-3-4-8-16/h13-16,18H,1-12H2,(H,20,21). The number of piperidine rings is 1. The predicted octanol–water partition coefficient (Wildman–Crippen LogP) is 2.63. The molecule has 120 valence electrons. The third-order valence-corrected chi connectivity index (χ3v) is 5.70. The molecule has 1 heterocycles. The molecule has 3 rings (SSSR count). The van der Waals surface area contributed by atoms with Crippen molar-refractivity contribution in [3.63, 3.8) is 0 Å². The van der Waals surface area contributed by atoms with E-state index in [0.717, 1.165) is 25.6 Å². The van der Waals surface area contributed by atoms with E-state index in [4.69, 9.17) is 5.11 Å². The van der Waals surface area contributed by atoms with Gasteiger partial charge in [0.25, 0.3) is 0 Å². The highest BCUT2D eigenvalue weighted by Gasteiger charge is 2.34. The Balaban J connectivity index is 1.59. The molecule has 3 fully saturated rings. The van der Waals surface area contributed by atoms with Crippen molar-refractivity contribution < 1.29 is 9.90 Å². The van der Waals surface area contributed by atoms with Crippen LogP contribution in [0.4, 0.5) is 0 Å². The zero-order valence-electron chi connectivity index (χ0n) is 13.1. The van der Waals surface area contributed by atoms with Crippen LogP contribution in [-0.4, -0.2) is 47.2 Å². The van der Waals surface area contributed by atoms with Crippen LogP contribution in [0.1, 0.15) is 64.2 Å². The van der Waals surface area contributed by atoms with Crippen LogP contribution in [0.5, 0.6) is 0 Å². The Bertz CT molecular complexity index is 349. The van der Waals surface area contributed by atoms with Gasteiger partial charge in [-0.15, -0.1) is 0 Å². The lowest BCUT2D eigenvalue weighted by Crippen LogP contribution is -2.54. The van der Waals surface area contributed by atoms with Crippen molar-refractivity contribution in [2.45, 2.75) is 82.3 Å². The van der Waals surface area contributed by atoms with Crippen LogP contribution in [0.2, 0.25) is 0 Å². The lowest BCUT2D eigenvalue weighted by Gasteiger charge is -2.42. The number of carbonyl (C=O) groups is 1. The van der Waals surface area contributed by atoms with Gasteiger partial charge >= 0.3 is 5.97 Å². The van der Waals surface area contributed by atoms with E-state index in [2.05, 4.69) is 10.2 Å². The minimum Gasteiger partial charge on any atom is -0.481 e. The second kappa shape index (κ2) is 7.10. The molecule has 0 aromatic heterocycles. The van der Waals surface area contributed by atoms with Crippen molar-refractivity contribution in [2.24, 2.45) is 5.92 Å².